The normalized spacial score (nSPS) is 21.9. The van der Waals surface area contributed by atoms with Crippen molar-refractivity contribution in [1.82, 2.24) is 10.2 Å². The molecule has 0 radical (unpaired) electrons. The molecular formula is C18H26N2O3. The fourth-order valence-electron chi connectivity index (χ4n) is 3.11. The highest BCUT2D eigenvalue weighted by Crippen LogP contribution is 2.22. The molecule has 1 amide bonds. The van der Waals surface area contributed by atoms with Gasteiger partial charge in [0.1, 0.15) is 11.9 Å². The molecule has 0 unspecified atom stereocenters. The number of nitrogens with zero attached hydrogens (tertiary/aromatic N) is 1. The summed E-state index contributed by atoms with van der Waals surface area (Å²) in [6, 6.07) is 8.17. The Balaban J connectivity index is 1.35. The number of amides is 1. The van der Waals surface area contributed by atoms with Crippen LogP contribution >= 0.6 is 0 Å². The van der Waals surface area contributed by atoms with Crippen molar-refractivity contribution in [2.75, 3.05) is 32.8 Å². The topological polar surface area (TPSA) is 50.8 Å². The number of likely N-dealkylation sites (tertiary alicyclic amines) is 1. The lowest BCUT2D eigenvalue weighted by Crippen LogP contribution is -2.56. The van der Waals surface area contributed by atoms with Crippen LogP contribution in [0.2, 0.25) is 0 Å². The van der Waals surface area contributed by atoms with Crippen LogP contribution in [0.25, 0.3) is 0 Å². The van der Waals surface area contributed by atoms with Gasteiger partial charge in [0.2, 0.25) is 5.91 Å². The standard InChI is InChI=1S/C18H26N2O3/c1-2-14-6-3-4-8-17(14)23-16-11-20(12-16)13-18(21)19-10-15-7-5-9-22-15/h3-4,6,8,15-16H,2,5,7,9-13H2,1H3,(H,19,21)/t15-/m1/s1. The summed E-state index contributed by atoms with van der Waals surface area (Å²) in [7, 11) is 0. The monoisotopic (exact) mass is 318 g/mol. The summed E-state index contributed by atoms with van der Waals surface area (Å²) in [4.78, 5) is 14.0. The van der Waals surface area contributed by atoms with Gasteiger partial charge >= 0.3 is 0 Å². The molecule has 3 rings (SSSR count). The molecule has 1 atom stereocenters. The summed E-state index contributed by atoms with van der Waals surface area (Å²) in [5.41, 5.74) is 1.24. The van der Waals surface area contributed by atoms with Crippen molar-refractivity contribution < 1.29 is 14.3 Å². The van der Waals surface area contributed by atoms with Crippen LogP contribution in [0.4, 0.5) is 0 Å². The smallest absolute Gasteiger partial charge is 0.234 e. The lowest BCUT2D eigenvalue weighted by atomic mass is 10.1. The maximum absolute atomic E-state index is 11.9. The molecule has 2 aliphatic heterocycles. The molecular weight excluding hydrogens is 292 g/mol. The van der Waals surface area contributed by atoms with E-state index in [1.54, 1.807) is 0 Å². The molecule has 0 saturated carbocycles. The number of ether oxygens (including phenoxy) is 2. The van der Waals surface area contributed by atoms with Gasteiger partial charge in [0.05, 0.1) is 12.6 Å². The lowest BCUT2D eigenvalue weighted by Gasteiger charge is -2.38. The first kappa shape index (κ1) is 16.3. The molecule has 0 aliphatic carbocycles. The number of para-hydroxylation sites is 1. The second kappa shape index (κ2) is 7.79. The van der Waals surface area contributed by atoms with Crippen LogP contribution in [-0.4, -0.2) is 55.8 Å². The van der Waals surface area contributed by atoms with Crippen LogP contribution in [0, 0.1) is 0 Å². The second-order valence-corrected chi connectivity index (χ2v) is 6.33. The van der Waals surface area contributed by atoms with Crippen molar-refractivity contribution >= 4 is 5.91 Å². The van der Waals surface area contributed by atoms with Crippen molar-refractivity contribution in [3.63, 3.8) is 0 Å². The lowest BCUT2D eigenvalue weighted by molar-refractivity contribution is -0.125. The third kappa shape index (κ3) is 4.45. The third-order valence-corrected chi connectivity index (χ3v) is 4.49. The quantitative estimate of drug-likeness (QED) is 0.830. The zero-order chi connectivity index (χ0) is 16.1. The summed E-state index contributed by atoms with van der Waals surface area (Å²) in [6.45, 7) is 5.66. The molecule has 0 spiro atoms. The van der Waals surface area contributed by atoms with Crippen molar-refractivity contribution in [3.05, 3.63) is 29.8 Å². The number of nitrogens with one attached hydrogen (secondary N) is 1. The molecule has 2 heterocycles. The van der Waals surface area contributed by atoms with Crippen LogP contribution in [0.15, 0.2) is 24.3 Å². The third-order valence-electron chi connectivity index (χ3n) is 4.49. The van der Waals surface area contributed by atoms with E-state index in [1.807, 2.05) is 18.2 Å². The number of carbonyl (C=O) groups is 1. The summed E-state index contributed by atoms with van der Waals surface area (Å²) >= 11 is 0. The Morgan fingerprint density at radius 1 is 1.39 bits per heavy atom. The van der Waals surface area contributed by atoms with Gasteiger partial charge in [-0.15, -0.1) is 0 Å². The van der Waals surface area contributed by atoms with Crippen LogP contribution in [0.1, 0.15) is 25.3 Å². The van der Waals surface area contributed by atoms with Gasteiger partial charge in [0.15, 0.2) is 0 Å². The summed E-state index contributed by atoms with van der Waals surface area (Å²) < 4.78 is 11.5. The molecule has 2 saturated heterocycles. The van der Waals surface area contributed by atoms with Crippen LogP contribution in [0.3, 0.4) is 0 Å². The van der Waals surface area contributed by atoms with E-state index in [-0.39, 0.29) is 18.1 Å². The van der Waals surface area contributed by atoms with Crippen molar-refractivity contribution in [2.45, 2.75) is 38.4 Å². The number of rotatable bonds is 7. The minimum Gasteiger partial charge on any atom is -0.487 e. The van der Waals surface area contributed by atoms with Gasteiger partial charge in [-0.25, -0.2) is 0 Å². The van der Waals surface area contributed by atoms with E-state index < -0.39 is 0 Å². The van der Waals surface area contributed by atoms with E-state index >= 15 is 0 Å². The number of hydrogen-bond donors (Lipinski definition) is 1. The zero-order valence-electron chi connectivity index (χ0n) is 13.8. The van der Waals surface area contributed by atoms with E-state index in [9.17, 15) is 4.79 Å². The number of carbonyl (C=O) groups excluding carboxylic acids is 1. The fraction of sp³-hybridized carbons (Fsp3) is 0.611. The Kier molecular flexibility index (Phi) is 5.51. The van der Waals surface area contributed by atoms with E-state index in [1.165, 1.54) is 5.56 Å². The van der Waals surface area contributed by atoms with Crippen LogP contribution in [0.5, 0.6) is 5.75 Å². The first-order valence-electron chi connectivity index (χ1n) is 8.60. The largest absolute Gasteiger partial charge is 0.487 e. The molecule has 2 aliphatic rings. The predicted octanol–water partition coefficient (Wildman–Crippen LogP) is 1.61. The molecule has 126 valence electrons. The van der Waals surface area contributed by atoms with E-state index in [0.29, 0.717) is 13.1 Å². The van der Waals surface area contributed by atoms with E-state index in [2.05, 4.69) is 23.2 Å². The Hall–Kier alpha value is -1.59. The Morgan fingerprint density at radius 2 is 2.22 bits per heavy atom. The van der Waals surface area contributed by atoms with Crippen molar-refractivity contribution in [3.8, 4) is 5.75 Å². The maximum Gasteiger partial charge on any atom is 0.234 e. The van der Waals surface area contributed by atoms with Crippen molar-refractivity contribution in [2.24, 2.45) is 0 Å². The van der Waals surface area contributed by atoms with Crippen LogP contribution in [-0.2, 0) is 16.0 Å². The summed E-state index contributed by atoms with van der Waals surface area (Å²) in [5.74, 6) is 1.05. The van der Waals surface area contributed by atoms with Gasteiger partial charge in [-0.2, -0.15) is 0 Å². The number of benzene rings is 1. The highest BCUT2D eigenvalue weighted by molar-refractivity contribution is 5.78. The molecule has 0 bridgehead atoms. The molecule has 1 N–H and O–H groups in total. The molecule has 1 aromatic carbocycles. The zero-order valence-corrected chi connectivity index (χ0v) is 13.8. The van der Waals surface area contributed by atoms with Gasteiger partial charge in [-0.3, -0.25) is 9.69 Å². The van der Waals surface area contributed by atoms with E-state index in [0.717, 1.165) is 44.7 Å². The maximum atomic E-state index is 11.9. The molecule has 23 heavy (non-hydrogen) atoms. The first-order chi connectivity index (χ1) is 11.2. The van der Waals surface area contributed by atoms with Crippen LogP contribution < -0.4 is 10.1 Å². The van der Waals surface area contributed by atoms with E-state index in [4.69, 9.17) is 9.47 Å². The minimum atomic E-state index is 0.0768. The molecule has 5 heteroatoms. The predicted molar refractivity (Wildman–Crippen MR) is 88.7 cm³/mol. The number of hydrogen-bond acceptors (Lipinski definition) is 4. The fourth-order valence-corrected chi connectivity index (χ4v) is 3.11. The first-order valence-corrected chi connectivity index (χ1v) is 8.60. The highest BCUT2D eigenvalue weighted by atomic mass is 16.5. The Labute approximate surface area is 137 Å². The van der Waals surface area contributed by atoms with Gasteiger partial charge in [0, 0.05) is 26.2 Å². The molecule has 0 aromatic heterocycles. The van der Waals surface area contributed by atoms with Crippen molar-refractivity contribution in [1.29, 1.82) is 0 Å². The SMILES string of the molecule is CCc1ccccc1OC1CN(CC(=O)NC[C@H]2CCCO2)C1. The van der Waals surface area contributed by atoms with Gasteiger partial charge < -0.3 is 14.8 Å². The summed E-state index contributed by atoms with van der Waals surface area (Å²) in [5, 5.41) is 2.96. The van der Waals surface area contributed by atoms with Gasteiger partial charge in [0.25, 0.3) is 0 Å². The summed E-state index contributed by atoms with van der Waals surface area (Å²) in [6.07, 6.45) is 3.52. The Morgan fingerprint density at radius 3 is 2.96 bits per heavy atom. The van der Waals surface area contributed by atoms with Gasteiger partial charge in [-0.1, -0.05) is 25.1 Å². The minimum absolute atomic E-state index is 0.0768. The number of aryl methyl sites for hydroxylation is 1. The molecule has 1 aromatic rings. The molecule has 5 nitrogen and oxygen atoms in total. The average Bonchev–Trinajstić information content (AvgIpc) is 3.04. The average molecular weight is 318 g/mol. The highest BCUT2D eigenvalue weighted by Gasteiger charge is 2.30. The second-order valence-electron chi connectivity index (χ2n) is 6.33. The molecule has 2 fully saturated rings. The van der Waals surface area contributed by atoms with Gasteiger partial charge in [-0.05, 0) is 30.9 Å². The Bertz CT molecular complexity index is 523.